The molecule has 0 fully saturated rings. The third kappa shape index (κ3) is 4.35. The molecule has 0 radical (unpaired) electrons. The van der Waals surface area contributed by atoms with Crippen molar-refractivity contribution >= 4 is 17.3 Å². The van der Waals surface area contributed by atoms with Crippen LogP contribution in [-0.2, 0) is 11.2 Å². The summed E-state index contributed by atoms with van der Waals surface area (Å²) in [4.78, 5) is 13.8. The van der Waals surface area contributed by atoms with Crippen LogP contribution in [-0.4, -0.2) is 19.5 Å². The minimum atomic E-state index is 0.110. The van der Waals surface area contributed by atoms with E-state index in [0.717, 1.165) is 17.8 Å². The first kappa shape index (κ1) is 15.1. The highest BCUT2D eigenvalue weighted by molar-refractivity contribution is 5.93. The summed E-state index contributed by atoms with van der Waals surface area (Å²) in [6.45, 7) is 2.78. The number of aryl methyl sites for hydroxylation is 1. The van der Waals surface area contributed by atoms with Gasteiger partial charge in [-0.1, -0.05) is 37.3 Å². The minimum absolute atomic E-state index is 0.110. The number of nitrogens with zero attached hydrogens (tertiary/aromatic N) is 1. The standard InChI is InChI=1S/C18H22N2O/c1-3-15-9-11-16(12-10-15)19-14-13-18(21)20(2)17-7-5-4-6-8-17/h4-12,19H,3,13-14H2,1-2H3. The van der Waals surface area contributed by atoms with E-state index in [-0.39, 0.29) is 5.91 Å². The van der Waals surface area contributed by atoms with Crippen molar-refractivity contribution in [3.05, 3.63) is 60.2 Å². The van der Waals surface area contributed by atoms with Gasteiger partial charge < -0.3 is 10.2 Å². The summed E-state index contributed by atoms with van der Waals surface area (Å²) in [5.74, 6) is 0.110. The van der Waals surface area contributed by atoms with E-state index in [1.165, 1.54) is 5.56 Å². The monoisotopic (exact) mass is 282 g/mol. The van der Waals surface area contributed by atoms with Crippen molar-refractivity contribution in [2.45, 2.75) is 19.8 Å². The average molecular weight is 282 g/mol. The topological polar surface area (TPSA) is 32.3 Å². The largest absolute Gasteiger partial charge is 0.385 e. The summed E-state index contributed by atoms with van der Waals surface area (Å²) in [7, 11) is 1.81. The third-order valence-electron chi connectivity index (χ3n) is 3.55. The molecule has 0 saturated carbocycles. The van der Waals surface area contributed by atoms with Gasteiger partial charge in [0.05, 0.1) is 0 Å². The quantitative estimate of drug-likeness (QED) is 0.876. The number of anilines is 2. The lowest BCUT2D eigenvalue weighted by molar-refractivity contribution is -0.118. The fraction of sp³-hybridized carbons (Fsp3) is 0.278. The van der Waals surface area contributed by atoms with Crippen LogP contribution in [0.1, 0.15) is 18.9 Å². The van der Waals surface area contributed by atoms with Crippen LogP contribution in [0, 0.1) is 0 Å². The zero-order valence-corrected chi connectivity index (χ0v) is 12.7. The van der Waals surface area contributed by atoms with Crippen molar-refractivity contribution in [1.29, 1.82) is 0 Å². The molecule has 0 saturated heterocycles. The summed E-state index contributed by atoms with van der Waals surface area (Å²) in [5, 5.41) is 3.29. The van der Waals surface area contributed by atoms with E-state index in [1.54, 1.807) is 4.90 Å². The van der Waals surface area contributed by atoms with Crippen molar-refractivity contribution in [2.75, 3.05) is 23.8 Å². The van der Waals surface area contributed by atoms with E-state index in [9.17, 15) is 4.79 Å². The molecule has 0 aliphatic heterocycles. The molecular formula is C18H22N2O. The van der Waals surface area contributed by atoms with Crippen molar-refractivity contribution in [2.24, 2.45) is 0 Å². The molecule has 0 aliphatic carbocycles. The molecule has 0 aliphatic rings. The average Bonchev–Trinajstić information content (AvgIpc) is 2.55. The number of carbonyl (C=O) groups is 1. The Labute approximate surface area is 126 Å². The Morgan fingerprint density at radius 3 is 2.33 bits per heavy atom. The van der Waals surface area contributed by atoms with Crippen LogP contribution in [0.2, 0.25) is 0 Å². The number of amides is 1. The van der Waals surface area contributed by atoms with Crippen LogP contribution in [0.4, 0.5) is 11.4 Å². The molecule has 1 amide bonds. The van der Waals surface area contributed by atoms with Gasteiger partial charge in [0.25, 0.3) is 0 Å². The SMILES string of the molecule is CCc1ccc(NCCC(=O)N(C)c2ccccc2)cc1. The second-order valence-electron chi connectivity index (χ2n) is 5.02. The number of para-hydroxylation sites is 1. The molecule has 0 atom stereocenters. The molecule has 0 bridgehead atoms. The van der Waals surface area contributed by atoms with Gasteiger partial charge in [-0.2, -0.15) is 0 Å². The van der Waals surface area contributed by atoms with Gasteiger partial charge >= 0.3 is 0 Å². The first-order valence-corrected chi connectivity index (χ1v) is 7.35. The Hall–Kier alpha value is -2.29. The lowest BCUT2D eigenvalue weighted by atomic mass is 10.1. The van der Waals surface area contributed by atoms with Crippen LogP contribution in [0.5, 0.6) is 0 Å². The second-order valence-corrected chi connectivity index (χ2v) is 5.02. The van der Waals surface area contributed by atoms with E-state index in [1.807, 2.05) is 37.4 Å². The van der Waals surface area contributed by atoms with Crippen LogP contribution in [0.3, 0.4) is 0 Å². The minimum Gasteiger partial charge on any atom is -0.385 e. The van der Waals surface area contributed by atoms with E-state index < -0.39 is 0 Å². The number of rotatable bonds is 6. The molecule has 3 nitrogen and oxygen atoms in total. The molecule has 1 N–H and O–H groups in total. The zero-order chi connectivity index (χ0) is 15.1. The maximum absolute atomic E-state index is 12.1. The van der Waals surface area contributed by atoms with Crippen LogP contribution in [0.25, 0.3) is 0 Å². The van der Waals surface area contributed by atoms with Gasteiger partial charge in [-0.25, -0.2) is 0 Å². The van der Waals surface area contributed by atoms with E-state index >= 15 is 0 Å². The Morgan fingerprint density at radius 2 is 1.71 bits per heavy atom. The Bertz CT molecular complexity index is 564. The predicted molar refractivity (Wildman–Crippen MR) is 88.8 cm³/mol. The Balaban J connectivity index is 1.81. The molecule has 2 rings (SSSR count). The van der Waals surface area contributed by atoms with Gasteiger partial charge in [0.15, 0.2) is 0 Å². The fourth-order valence-corrected chi connectivity index (χ4v) is 2.14. The predicted octanol–water partition coefficient (Wildman–Crippen LogP) is 3.71. The summed E-state index contributed by atoms with van der Waals surface area (Å²) >= 11 is 0. The van der Waals surface area contributed by atoms with Crippen LogP contribution < -0.4 is 10.2 Å². The molecule has 2 aromatic carbocycles. The fourth-order valence-electron chi connectivity index (χ4n) is 2.14. The Kier molecular flexibility index (Phi) is 5.38. The van der Waals surface area contributed by atoms with Gasteiger partial charge in [-0.3, -0.25) is 4.79 Å². The molecule has 21 heavy (non-hydrogen) atoms. The number of benzene rings is 2. The molecule has 3 heteroatoms. The molecule has 0 spiro atoms. The highest BCUT2D eigenvalue weighted by Gasteiger charge is 2.09. The van der Waals surface area contributed by atoms with Crippen LogP contribution in [0.15, 0.2) is 54.6 Å². The maximum atomic E-state index is 12.1. The Morgan fingerprint density at radius 1 is 1.05 bits per heavy atom. The normalized spacial score (nSPS) is 10.2. The molecule has 0 aromatic heterocycles. The van der Waals surface area contributed by atoms with Gasteiger partial charge in [-0.15, -0.1) is 0 Å². The van der Waals surface area contributed by atoms with Gasteiger partial charge in [0.2, 0.25) is 5.91 Å². The summed E-state index contributed by atoms with van der Waals surface area (Å²) in [6.07, 6.45) is 1.52. The smallest absolute Gasteiger partial charge is 0.228 e. The van der Waals surface area contributed by atoms with E-state index in [0.29, 0.717) is 13.0 Å². The first-order chi connectivity index (χ1) is 10.2. The lowest BCUT2D eigenvalue weighted by Crippen LogP contribution is -2.27. The highest BCUT2D eigenvalue weighted by atomic mass is 16.2. The summed E-state index contributed by atoms with van der Waals surface area (Å²) in [5.41, 5.74) is 3.30. The summed E-state index contributed by atoms with van der Waals surface area (Å²) in [6, 6.07) is 18.0. The number of hydrogen-bond acceptors (Lipinski definition) is 2. The van der Waals surface area contributed by atoms with Crippen LogP contribution >= 0.6 is 0 Å². The van der Waals surface area contributed by atoms with Crippen molar-refractivity contribution in [1.82, 2.24) is 0 Å². The number of carbonyl (C=O) groups excluding carboxylic acids is 1. The van der Waals surface area contributed by atoms with Gasteiger partial charge in [0, 0.05) is 31.4 Å². The molecule has 110 valence electrons. The first-order valence-electron chi connectivity index (χ1n) is 7.35. The summed E-state index contributed by atoms with van der Waals surface area (Å²) < 4.78 is 0. The van der Waals surface area contributed by atoms with E-state index in [4.69, 9.17) is 0 Å². The van der Waals surface area contributed by atoms with E-state index in [2.05, 4.69) is 36.5 Å². The molecular weight excluding hydrogens is 260 g/mol. The van der Waals surface area contributed by atoms with Crippen molar-refractivity contribution in [3.63, 3.8) is 0 Å². The second kappa shape index (κ2) is 7.48. The lowest BCUT2D eigenvalue weighted by Gasteiger charge is -2.17. The van der Waals surface area contributed by atoms with Gasteiger partial charge in [-0.05, 0) is 36.2 Å². The third-order valence-corrected chi connectivity index (χ3v) is 3.55. The van der Waals surface area contributed by atoms with Crippen molar-refractivity contribution < 1.29 is 4.79 Å². The zero-order valence-electron chi connectivity index (χ0n) is 12.7. The highest BCUT2D eigenvalue weighted by Crippen LogP contribution is 2.13. The van der Waals surface area contributed by atoms with Gasteiger partial charge in [0.1, 0.15) is 0 Å². The number of nitrogens with one attached hydrogen (secondary N) is 1. The number of hydrogen-bond donors (Lipinski definition) is 1. The molecule has 0 heterocycles. The molecule has 0 unspecified atom stereocenters. The van der Waals surface area contributed by atoms with Crippen molar-refractivity contribution in [3.8, 4) is 0 Å². The molecule has 2 aromatic rings. The maximum Gasteiger partial charge on any atom is 0.228 e.